The van der Waals surface area contributed by atoms with Gasteiger partial charge in [-0.25, -0.2) is 15.8 Å². The largest absolute Gasteiger partial charge is 0.352 e. The first-order valence-corrected chi connectivity index (χ1v) is 6.40. The molecule has 0 fully saturated rings. The molecule has 98 valence electrons. The predicted octanol–water partition coefficient (Wildman–Crippen LogP) is 1.63. The molecular formula is C14H17N5. The maximum atomic E-state index is 5.43. The van der Waals surface area contributed by atoms with E-state index in [2.05, 4.69) is 44.6 Å². The molecule has 0 saturated heterocycles. The van der Waals surface area contributed by atoms with Crippen molar-refractivity contribution in [2.24, 2.45) is 5.84 Å². The summed E-state index contributed by atoms with van der Waals surface area (Å²) in [5, 5.41) is 0. The molecule has 19 heavy (non-hydrogen) atoms. The van der Waals surface area contributed by atoms with E-state index < -0.39 is 0 Å². The minimum absolute atomic E-state index is 0.654. The SMILES string of the molecule is Cc1nc(NN)cc(N2CCc3ccccc3C2)n1. The summed E-state index contributed by atoms with van der Waals surface area (Å²) in [6.45, 7) is 3.73. The first-order valence-electron chi connectivity index (χ1n) is 6.40. The van der Waals surface area contributed by atoms with Crippen LogP contribution in [-0.2, 0) is 13.0 Å². The van der Waals surface area contributed by atoms with E-state index in [0.29, 0.717) is 5.82 Å². The van der Waals surface area contributed by atoms with Crippen molar-refractivity contribution in [1.82, 2.24) is 9.97 Å². The average molecular weight is 255 g/mol. The summed E-state index contributed by atoms with van der Waals surface area (Å²) in [6, 6.07) is 10.4. The number of benzene rings is 1. The van der Waals surface area contributed by atoms with Gasteiger partial charge < -0.3 is 10.3 Å². The molecule has 0 bridgehead atoms. The fourth-order valence-corrected chi connectivity index (χ4v) is 2.48. The summed E-state index contributed by atoms with van der Waals surface area (Å²) in [5.74, 6) is 7.74. The highest BCUT2D eigenvalue weighted by Gasteiger charge is 2.17. The van der Waals surface area contributed by atoms with E-state index >= 15 is 0 Å². The molecule has 3 rings (SSSR count). The number of hydrazine groups is 1. The smallest absolute Gasteiger partial charge is 0.145 e. The number of hydrogen-bond acceptors (Lipinski definition) is 5. The van der Waals surface area contributed by atoms with Gasteiger partial charge >= 0.3 is 0 Å². The number of fused-ring (bicyclic) bond motifs is 1. The molecule has 0 spiro atoms. The third-order valence-corrected chi connectivity index (χ3v) is 3.43. The van der Waals surface area contributed by atoms with Gasteiger partial charge in [0, 0.05) is 19.2 Å². The molecule has 2 aromatic rings. The molecule has 0 amide bonds. The zero-order chi connectivity index (χ0) is 13.2. The Morgan fingerprint density at radius 2 is 2.00 bits per heavy atom. The lowest BCUT2D eigenvalue weighted by atomic mass is 10.00. The number of anilines is 2. The van der Waals surface area contributed by atoms with Crippen molar-refractivity contribution in [3.05, 3.63) is 47.3 Å². The van der Waals surface area contributed by atoms with Crippen molar-refractivity contribution >= 4 is 11.6 Å². The van der Waals surface area contributed by atoms with E-state index in [0.717, 1.165) is 31.2 Å². The second-order valence-electron chi connectivity index (χ2n) is 4.74. The molecule has 0 aliphatic carbocycles. The minimum atomic E-state index is 0.654. The average Bonchev–Trinajstić information content (AvgIpc) is 2.46. The van der Waals surface area contributed by atoms with Gasteiger partial charge in [-0.3, -0.25) is 0 Å². The van der Waals surface area contributed by atoms with Crippen LogP contribution in [-0.4, -0.2) is 16.5 Å². The second kappa shape index (κ2) is 4.85. The van der Waals surface area contributed by atoms with Crippen LogP contribution < -0.4 is 16.2 Å². The molecular weight excluding hydrogens is 238 g/mol. The Labute approximate surface area is 112 Å². The number of aryl methyl sites for hydroxylation is 1. The van der Waals surface area contributed by atoms with Gasteiger partial charge in [-0.05, 0) is 24.5 Å². The summed E-state index contributed by atoms with van der Waals surface area (Å²) in [4.78, 5) is 11.0. The third kappa shape index (κ3) is 2.37. The number of aromatic nitrogens is 2. The van der Waals surface area contributed by atoms with Crippen LogP contribution in [0.2, 0.25) is 0 Å². The van der Waals surface area contributed by atoms with Crippen LogP contribution in [0.15, 0.2) is 30.3 Å². The van der Waals surface area contributed by atoms with Crippen LogP contribution in [0.4, 0.5) is 11.6 Å². The van der Waals surface area contributed by atoms with Gasteiger partial charge in [0.25, 0.3) is 0 Å². The fraction of sp³-hybridized carbons (Fsp3) is 0.286. The quantitative estimate of drug-likeness (QED) is 0.630. The summed E-state index contributed by atoms with van der Waals surface area (Å²) in [7, 11) is 0. The van der Waals surface area contributed by atoms with Gasteiger partial charge in [-0.2, -0.15) is 0 Å². The molecule has 0 radical (unpaired) electrons. The summed E-state index contributed by atoms with van der Waals surface area (Å²) in [6.07, 6.45) is 1.05. The van der Waals surface area contributed by atoms with Gasteiger partial charge in [0.1, 0.15) is 17.5 Å². The fourth-order valence-electron chi connectivity index (χ4n) is 2.48. The van der Waals surface area contributed by atoms with Crippen molar-refractivity contribution in [3.63, 3.8) is 0 Å². The highest BCUT2D eigenvalue weighted by molar-refractivity contribution is 5.51. The number of nitrogens with zero attached hydrogens (tertiary/aromatic N) is 3. The lowest BCUT2D eigenvalue weighted by Gasteiger charge is -2.30. The van der Waals surface area contributed by atoms with Crippen molar-refractivity contribution in [3.8, 4) is 0 Å². The van der Waals surface area contributed by atoms with Crippen LogP contribution in [0.5, 0.6) is 0 Å². The summed E-state index contributed by atoms with van der Waals surface area (Å²) < 4.78 is 0. The van der Waals surface area contributed by atoms with Gasteiger partial charge in [0.15, 0.2) is 0 Å². The van der Waals surface area contributed by atoms with E-state index in [1.54, 1.807) is 0 Å². The van der Waals surface area contributed by atoms with Crippen LogP contribution >= 0.6 is 0 Å². The number of nitrogens with one attached hydrogen (secondary N) is 1. The van der Waals surface area contributed by atoms with E-state index in [9.17, 15) is 0 Å². The Hall–Kier alpha value is -2.14. The normalized spacial score (nSPS) is 14.1. The number of nitrogens with two attached hydrogens (primary N) is 1. The number of nitrogen functional groups attached to an aromatic ring is 1. The number of rotatable bonds is 2. The van der Waals surface area contributed by atoms with Crippen molar-refractivity contribution in [2.75, 3.05) is 16.9 Å². The molecule has 5 heteroatoms. The third-order valence-electron chi connectivity index (χ3n) is 3.43. The Morgan fingerprint density at radius 3 is 2.79 bits per heavy atom. The lowest BCUT2D eigenvalue weighted by molar-refractivity contribution is 0.717. The Bertz CT molecular complexity index is 596. The molecule has 1 aliphatic rings. The van der Waals surface area contributed by atoms with Crippen LogP contribution in [0.1, 0.15) is 17.0 Å². The van der Waals surface area contributed by atoms with Gasteiger partial charge in [0.2, 0.25) is 0 Å². The van der Waals surface area contributed by atoms with Gasteiger partial charge in [-0.15, -0.1) is 0 Å². The molecule has 1 aromatic heterocycles. The topological polar surface area (TPSA) is 67.1 Å². The minimum Gasteiger partial charge on any atom is -0.352 e. The molecule has 1 aliphatic heterocycles. The van der Waals surface area contributed by atoms with E-state index in [1.807, 2.05) is 13.0 Å². The maximum absolute atomic E-state index is 5.43. The molecule has 5 nitrogen and oxygen atoms in total. The molecule has 2 heterocycles. The molecule has 3 N–H and O–H groups in total. The van der Waals surface area contributed by atoms with Gasteiger partial charge in [0.05, 0.1) is 0 Å². The zero-order valence-electron chi connectivity index (χ0n) is 10.9. The summed E-state index contributed by atoms with van der Waals surface area (Å²) >= 11 is 0. The first kappa shape index (κ1) is 11.9. The Balaban J connectivity index is 1.90. The molecule has 0 saturated carbocycles. The Morgan fingerprint density at radius 1 is 1.21 bits per heavy atom. The van der Waals surface area contributed by atoms with Gasteiger partial charge in [-0.1, -0.05) is 24.3 Å². The monoisotopic (exact) mass is 255 g/mol. The van der Waals surface area contributed by atoms with E-state index in [4.69, 9.17) is 5.84 Å². The maximum Gasteiger partial charge on any atom is 0.145 e. The highest BCUT2D eigenvalue weighted by atomic mass is 15.3. The van der Waals surface area contributed by atoms with Crippen LogP contribution in [0.3, 0.4) is 0 Å². The second-order valence-corrected chi connectivity index (χ2v) is 4.74. The lowest BCUT2D eigenvalue weighted by Crippen LogP contribution is -2.31. The van der Waals surface area contributed by atoms with E-state index in [1.165, 1.54) is 11.1 Å². The zero-order valence-corrected chi connectivity index (χ0v) is 10.9. The highest BCUT2D eigenvalue weighted by Crippen LogP contribution is 2.24. The van der Waals surface area contributed by atoms with Crippen molar-refractivity contribution in [2.45, 2.75) is 19.9 Å². The number of hydrogen-bond donors (Lipinski definition) is 2. The van der Waals surface area contributed by atoms with Crippen LogP contribution in [0.25, 0.3) is 0 Å². The first-order chi connectivity index (χ1) is 9.26. The van der Waals surface area contributed by atoms with E-state index in [-0.39, 0.29) is 0 Å². The molecule has 1 aromatic carbocycles. The standard InChI is InChI=1S/C14H17N5/c1-10-16-13(18-15)8-14(17-10)19-7-6-11-4-2-3-5-12(11)9-19/h2-5,8H,6-7,9,15H2,1H3,(H,16,17,18). The molecule has 0 unspecified atom stereocenters. The molecule has 0 atom stereocenters. The Kier molecular flexibility index (Phi) is 3.05. The predicted molar refractivity (Wildman–Crippen MR) is 75.8 cm³/mol. The van der Waals surface area contributed by atoms with Crippen LogP contribution in [0, 0.1) is 6.92 Å². The van der Waals surface area contributed by atoms with Crippen molar-refractivity contribution in [1.29, 1.82) is 0 Å². The summed E-state index contributed by atoms with van der Waals surface area (Å²) in [5.41, 5.74) is 5.39. The van der Waals surface area contributed by atoms with Crippen molar-refractivity contribution < 1.29 is 0 Å².